The molecule has 0 radical (unpaired) electrons. The summed E-state index contributed by atoms with van der Waals surface area (Å²) in [6, 6.07) is 8.70. The highest BCUT2D eigenvalue weighted by Gasteiger charge is 2.36. The number of rotatable bonds is 5. The molecular formula is C17H18N4O7S. The number of hydrogen-bond donors (Lipinski definition) is 3. The van der Waals surface area contributed by atoms with E-state index in [9.17, 15) is 23.3 Å². The van der Waals surface area contributed by atoms with Crippen molar-refractivity contribution in [1.29, 1.82) is 0 Å². The summed E-state index contributed by atoms with van der Waals surface area (Å²) in [5, 5.41) is 22.7. The lowest BCUT2D eigenvalue weighted by atomic mass is 10.2. The number of nitrogens with one attached hydrogen (secondary N) is 2. The van der Waals surface area contributed by atoms with E-state index in [1.54, 1.807) is 6.07 Å². The first kappa shape index (κ1) is 20.5. The van der Waals surface area contributed by atoms with Crippen molar-refractivity contribution in [3.8, 4) is 11.5 Å². The minimum Gasteiger partial charge on any atom is -0.457 e. The van der Waals surface area contributed by atoms with Gasteiger partial charge in [-0.05, 0) is 25.1 Å². The van der Waals surface area contributed by atoms with E-state index in [4.69, 9.17) is 9.94 Å². The van der Waals surface area contributed by atoms with Crippen molar-refractivity contribution in [3.05, 3.63) is 52.6 Å². The fourth-order valence-electron chi connectivity index (χ4n) is 2.91. The summed E-state index contributed by atoms with van der Waals surface area (Å²) in [5.41, 5.74) is 1.60. The summed E-state index contributed by atoms with van der Waals surface area (Å²) >= 11 is 0. The first-order valence-corrected chi connectivity index (χ1v) is 9.94. The van der Waals surface area contributed by atoms with Crippen LogP contribution >= 0.6 is 0 Å². The third kappa shape index (κ3) is 4.13. The van der Waals surface area contributed by atoms with Crippen LogP contribution in [0.5, 0.6) is 11.5 Å². The van der Waals surface area contributed by atoms with Crippen LogP contribution in [0.4, 0.5) is 11.4 Å². The average molecular weight is 422 g/mol. The van der Waals surface area contributed by atoms with E-state index in [1.165, 1.54) is 48.8 Å². The third-order valence-corrected chi connectivity index (χ3v) is 6.40. The molecule has 12 heteroatoms. The molecule has 1 aliphatic heterocycles. The molecule has 0 saturated heterocycles. The van der Waals surface area contributed by atoms with Gasteiger partial charge in [0.2, 0.25) is 10.0 Å². The van der Waals surface area contributed by atoms with Gasteiger partial charge in [-0.25, -0.2) is 13.9 Å². The summed E-state index contributed by atoms with van der Waals surface area (Å²) in [6.07, 6.45) is 0. The molecule has 154 valence electrons. The molecule has 0 spiro atoms. The molecular weight excluding hydrogens is 404 g/mol. The number of carbonyl (C=O) groups is 1. The molecule has 1 aliphatic rings. The van der Waals surface area contributed by atoms with Gasteiger partial charge in [0.25, 0.3) is 11.6 Å². The van der Waals surface area contributed by atoms with Crippen molar-refractivity contribution in [2.24, 2.45) is 0 Å². The van der Waals surface area contributed by atoms with Gasteiger partial charge in [-0.15, -0.1) is 0 Å². The second kappa shape index (κ2) is 8.03. The molecule has 0 fully saturated rings. The Bertz CT molecular complexity index is 1060. The number of hydroxylamine groups is 1. The average Bonchev–Trinajstić information content (AvgIpc) is 2.82. The fourth-order valence-corrected chi connectivity index (χ4v) is 4.65. The standard InChI is InChI=1S/C17H18N4O7S/c1-11(17(22)19-23)20-8-7-18-15-10-14(5-6-16(15)29(20,26)27)28-13-4-2-3-12(9-13)21(24)25/h2-6,9-11,18,23H,7-8H2,1H3,(H,19,22)/t11-/m1/s1. The summed E-state index contributed by atoms with van der Waals surface area (Å²) in [6.45, 7) is 1.59. The normalized spacial score (nSPS) is 16.6. The number of non-ortho nitro benzene ring substituents is 1. The van der Waals surface area contributed by atoms with Gasteiger partial charge in [0.15, 0.2) is 0 Å². The zero-order chi connectivity index (χ0) is 21.2. The highest BCUT2D eigenvalue weighted by molar-refractivity contribution is 7.89. The van der Waals surface area contributed by atoms with Crippen LogP contribution in [0.3, 0.4) is 0 Å². The van der Waals surface area contributed by atoms with Crippen molar-refractivity contribution in [3.63, 3.8) is 0 Å². The topological polar surface area (TPSA) is 151 Å². The molecule has 0 aromatic heterocycles. The molecule has 0 saturated carbocycles. The number of carbonyl (C=O) groups excluding carboxylic acids is 1. The zero-order valence-corrected chi connectivity index (χ0v) is 16.0. The van der Waals surface area contributed by atoms with Gasteiger partial charge < -0.3 is 10.1 Å². The Balaban J connectivity index is 1.92. The zero-order valence-electron chi connectivity index (χ0n) is 15.2. The van der Waals surface area contributed by atoms with E-state index < -0.39 is 26.9 Å². The van der Waals surface area contributed by atoms with Gasteiger partial charge in [0.05, 0.1) is 16.7 Å². The predicted molar refractivity (Wildman–Crippen MR) is 101 cm³/mol. The Kier molecular flexibility index (Phi) is 5.68. The number of amides is 1. The van der Waals surface area contributed by atoms with Crippen LogP contribution in [0.25, 0.3) is 0 Å². The monoisotopic (exact) mass is 422 g/mol. The summed E-state index contributed by atoms with van der Waals surface area (Å²) in [7, 11) is -4.03. The van der Waals surface area contributed by atoms with Crippen molar-refractivity contribution in [2.45, 2.75) is 17.9 Å². The Morgan fingerprint density at radius 3 is 2.72 bits per heavy atom. The number of nitro groups is 1. The number of sulfonamides is 1. The van der Waals surface area contributed by atoms with Crippen LogP contribution in [-0.2, 0) is 14.8 Å². The summed E-state index contributed by atoms with van der Waals surface area (Å²) < 4.78 is 32.6. The molecule has 3 rings (SSSR count). The Labute approximate surface area is 166 Å². The van der Waals surface area contributed by atoms with Crippen LogP contribution in [0.1, 0.15) is 6.92 Å². The third-order valence-electron chi connectivity index (χ3n) is 4.37. The summed E-state index contributed by atoms with van der Waals surface area (Å²) in [5.74, 6) is -0.338. The van der Waals surface area contributed by atoms with Crippen LogP contribution in [0.15, 0.2) is 47.4 Å². The quantitative estimate of drug-likeness (QED) is 0.374. The lowest BCUT2D eigenvalue weighted by molar-refractivity contribution is -0.384. The highest BCUT2D eigenvalue weighted by atomic mass is 32.2. The van der Waals surface area contributed by atoms with Gasteiger partial charge in [-0.3, -0.25) is 20.1 Å². The number of anilines is 1. The molecule has 2 aromatic rings. The maximum absolute atomic E-state index is 13.0. The highest BCUT2D eigenvalue weighted by Crippen LogP contribution is 2.34. The minimum absolute atomic E-state index is 0.00662. The molecule has 1 heterocycles. The van der Waals surface area contributed by atoms with E-state index in [2.05, 4.69) is 5.32 Å². The van der Waals surface area contributed by atoms with Gasteiger partial charge in [0.1, 0.15) is 22.4 Å². The van der Waals surface area contributed by atoms with E-state index >= 15 is 0 Å². The van der Waals surface area contributed by atoms with Crippen molar-refractivity contribution in [1.82, 2.24) is 9.79 Å². The van der Waals surface area contributed by atoms with Crippen molar-refractivity contribution in [2.75, 3.05) is 18.4 Å². The first-order valence-electron chi connectivity index (χ1n) is 8.50. The van der Waals surface area contributed by atoms with Crippen LogP contribution in [0.2, 0.25) is 0 Å². The van der Waals surface area contributed by atoms with Gasteiger partial charge in [-0.1, -0.05) is 6.07 Å². The van der Waals surface area contributed by atoms with E-state index in [0.29, 0.717) is 0 Å². The number of nitrogens with zero attached hydrogens (tertiary/aromatic N) is 2. The first-order chi connectivity index (χ1) is 13.7. The van der Waals surface area contributed by atoms with E-state index in [-0.39, 0.29) is 40.9 Å². The molecule has 1 atom stereocenters. The molecule has 2 aromatic carbocycles. The van der Waals surface area contributed by atoms with Crippen molar-refractivity contribution >= 4 is 27.3 Å². The lowest BCUT2D eigenvalue weighted by Gasteiger charge is -2.24. The lowest BCUT2D eigenvalue weighted by Crippen LogP contribution is -2.47. The number of hydrogen-bond acceptors (Lipinski definition) is 8. The molecule has 29 heavy (non-hydrogen) atoms. The molecule has 0 bridgehead atoms. The summed E-state index contributed by atoms with van der Waals surface area (Å²) in [4.78, 5) is 22.0. The smallest absolute Gasteiger partial charge is 0.273 e. The maximum atomic E-state index is 13.0. The largest absolute Gasteiger partial charge is 0.457 e. The molecule has 0 aliphatic carbocycles. The number of fused-ring (bicyclic) bond motifs is 1. The minimum atomic E-state index is -4.03. The fraction of sp³-hybridized carbons (Fsp3) is 0.235. The number of nitro benzene ring substituents is 1. The molecule has 1 amide bonds. The van der Waals surface area contributed by atoms with Crippen LogP contribution in [0, 0.1) is 10.1 Å². The van der Waals surface area contributed by atoms with Crippen LogP contribution in [-0.4, -0.2) is 47.9 Å². The second-order valence-electron chi connectivity index (χ2n) is 6.21. The Morgan fingerprint density at radius 1 is 1.31 bits per heavy atom. The Hall–Kier alpha value is -3.22. The van der Waals surface area contributed by atoms with E-state index in [1.807, 2.05) is 0 Å². The number of benzene rings is 2. The molecule has 3 N–H and O–H groups in total. The molecule has 0 unspecified atom stereocenters. The maximum Gasteiger partial charge on any atom is 0.273 e. The van der Waals surface area contributed by atoms with Gasteiger partial charge in [-0.2, -0.15) is 4.31 Å². The van der Waals surface area contributed by atoms with Gasteiger partial charge >= 0.3 is 0 Å². The van der Waals surface area contributed by atoms with Crippen molar-refractivity contribution < 1.29 is 28.1 Å². The number of ether oxygens (including phenoxy) is 1. The molecule has 11 nitrogen and oxygen atoms in total. The van der Waals surface area contributed by atoms with Gasteiger partial charge in [0, 0.05) is 25.2 Å². The second-order valence-corrected chi connectivity index (χ2v) is 8.07. The Morgan fingerprint density at radius 2 is 2.03 bits per heavy atom. The SMILES string of the molecule is C[C@H](C(=O)NO)N1CCNc2cc(Oc3cccc([N+](=O)[O-])c3)ccc2S1(=O)=O. The predicted octanol–water partition coefficient (Wildman–Crippen LogP) is 1.70. The van der Waals surface area contributed by atoms with E-state index in [0.717, 1.165) is 4.31 Å². The van der Waals surface area contributed by atoms with Crippen LogP contribution < -0.4 is 15.5 Å².